The van der Waals surface area contributed by atoms with Gasteiger partial charge in [-0.3, -0.25) is 0 Å². The van der Waals surface area contributed by atoms with Crippen molar-refractivity contribution in [2.24, 2.45) is 5.73 Å². The smallest absolute Gasteiger partial charge is 0.101 e. The van der Waals surface area contributed by atoms with Crippen molar-refractivity contribution in [3.8, 4) is 0 Å². The predicted octanol–water partition coefficient (Wildman–Crippen LogP) is 3.98. The highest BCUT2D eigenvalue weighted by Crippen LogP contribution is 2.28. The zero-order chi connectivity index (χ0) is 13.5. The van der Waals surface area contributed by atoms with Gasteiger partial charge in [0.15, 0.2) is 0 Å². The molecule has 0 fully saturated rings. The topological polar surface area (TPSA) is 35.2 Å². The van der Waals surface area contributed by atoms with Gasteiger partial charge in [0, 0.05) is 6.61 Å². The Hall–Kier alpha value is -1.12. The molecule has 1 aromatic rings. The second kappa shape index (κ2) is 7.46. The molecule has 0 aromatic heterocycles. The van der Waals surface area contributed by atoms with Gasteiger partial charge in [0.25, 0.3) is 0 Å². The molecule has 0 aliphatic heterocycles. The van der Waals surface area contributed by atoms with Crippen molar-refractivity contribution in [3.05, 3.63) is 47.5 Å². The van der Waals surface area contributed by atoms with Crippen LogP contribution in [0.3, 0.4) is 0 Å². The Morgan fingerprint density at radius 2 is 1.95 bits per heavy atom. The molecule has 2 N–H and O–H groups in total. The van der Waals surface area contributed by atoms with Crippen LogP contribution in [-0.4, -0.2) is 12.6 Å². The quantitative estimate of drug-likeness (QED) is 0.812. The third-order valence-electron chi connectivity index (χ3n) is 3.80. The normalized spacial score (nSPS) is 19.4. The fourth-order valence-electron chi connectivity index (χ4n) is 2.77. The van der Waals surface area contributed by atoms with E-state index >= 15 is 0 Å². The van der Waals surface area contributed by atoms with Crippen molar-refractivity contribution in [2.45, 2.75) is 51.2 Å². The highest BCUT2D eigenvalue weighted by molar-refractivity contribution is 5.24. The van der Waals surface area contributed by atoms with Crippen LogP contribution in [0.5, 0.6) is 0 Å². The van der Waals surface area contributed by atoms with Gasteiger partial charge in [-0.1, -0.05) is 48.4 Å². The van der Waals surface area contributed by atoms with E-state index in [1.807, 2.05) is 13.0 Å². The Balaban J connectivity index is 2.16. The Morgan fingerprint density at radius 1 is 1.16 bits per heavy atom. The van der Waals surface area contributed by atoms with Crippen LogP contribution >= 0.6 is 0 Å². The Bertz CT molecular complexity index is 399. The number of benzene rings is 1. The third kappa shape index (κ3) is 3.92. The summed E-state index contributed by atoms with van der Waals surface area (Å²) in [6, 6.07) is 10.3. The molecule has 2 nitrogen and oxygen atoms in total. The van der Waals surface area contributed by atoms with Crippen LogP contribution in [-0.2, 0) is 4.74 Å². The maximum absolute atomic E-state index is 6.49. The molecule has 0 heterocycles. The van der Waals surface area contributed by atoms with Gasteiger partial charge in [0.2, 0.25) is 0 Å². The van der Waals surface area contributed by atoms with E-state index in [4.69, 9.17) is 10.5 Å². The third-order valence-corrected chi connectivity index (χ3v) is 3.80. The standard InChI is InChI=1S/C17H25NO/c1-2-19-17(15-12-8-5-9-13-15)16(18)14-10-6-3-4-7-11-14/h5,8-10,12-13,16-17H,2-4,6-7,11,18H2,1H3. The van der Waals surface area contributed by atoms with Crippen molar-refractivity contribution in [1.29, 1.82) is 0 Å². The first-order chi connectivity index (χ1) is 9.33. The van der Waals surface area contributed by atoms with Gasteiger partial charge >= 0.3 is 0 Å². The maximum Gasteiger partial charge on any atom is 0.101 e. The molecule has 19 heavy (non-hydrogen) atoms. The second-order valence-electron chi connectivity index (χ2n) is 5.19. The van der Waals surface area contributed by atoms with Crippen molar-refractivity contribution in [3.63, 3.8) is 0 Å². The summed E-state index contributed by atoms with van der Waals surface area (Å²) in [5.41, 5.74) is 9.04. The van der Waals surface area contributed by atoms with Gasteiger partial charge in [-0.25, -0.2) is 0 Å². The molecular formula is C17H25NO. The molecule has 104 valence electrons. The molecule has 0 radical (unpaired) electrons. The summed E-state index contributed by atoms with van der Waals surface area (Å²) in [6.45, 7) is 2.73. The highest BCUT2D eigenvalue weighted by Gasteiger charge is 2.23. The van der Waals surface area contributed by atoms with Crippen molar-refractivity contribution in [2.75, 3.05) is 6.61 Å². The van der Waals surface area contributed by atoms with Crippen molar-refractivity contribution < 1.29 is 4.74 Å². The molecule has 0 spiro atoms. The lowest BCUT2D eigenvalue weighted by molar-refractivity contribution is 0.0505. The van der Waals surface area contributed by atoms with Gasteiger partial charge in [-0.05, 0) is 38.2 Å². The van der Waals surface area contributed by atoms with E-state index in [1.54, 1.807) is 0 Å². The van der Waals surface area contributed by atoms with Crippen molar-refractivity contribution in [1.82, 2.24) is 0 Å². The molecule has 2 heteroatoms. The van der Waals surface area contributed by atoms with E-state index in [2.05, 4.69) is 30.3 Å². The summed E-state index contributed by atoms with van der Waals surface area (Å²) < 4.78 is 5.92. The first-order valence-corrected chi connectivity index (χ1v) is 7.44. The number of hydrogen-bond acceptors (Lipinski definition) is 2. The minimum absolute atomic E-state index is 0.0135. The molecule has 2 unspecified atom stereocenters. The number of hydrogen-bond donors (Lipinski definition) is 1. The first kappa shape index (κ1) is 14.3. The second-order valence-corrected chi connectivity index (χ2v) is 5.19. The first-order valence-electron chi connectivity index (χ1n) is 7.44. The summed E-state index contributed by atoms with van der Waals surface area (Å²) in [4.78, 5) is 0. The van der Waals surface area contributed by atoms with E-state index in [0.717, 1.165) is 12.8 Å². The van der Waals surface area contributed by atoms with E-state index in [-0.39, 0.29) is 12.1 Å². The van der Waals surface area contributed by atoms with E-state index in [0.29, 0.717) is 6.61 Å². The fraction of sp³-hybridized carbons (Fsp3) is 0.529. The van der Waals surface area contributed by atoms with Crippen LogP contribution in [0, 0.1) is 0 Å². The lowest BCUT2D eigenvalue weighted by atomic mass is 9.93. The summed E-state index contributed by atoms with van der Waals surface area (Å²) in [5.74, 6) is 0. The fourth-order valence-corrected chi connectivity index (χ4v) is 2.77. The maximum atomic E-state index is 6.49. The molecular weight excluding hydrogens is 234 g/mol. The average molecular weight is 259 g/mol. The summed E-state index contributed by atoms with van der Waals surface area (Å²) >= 11 is 0. The molecule has 1 aliphatic carbocycles. The van der Waals surface area contributed by atoms with E-state index < -0.39 is 0 Å². The monoisotopic (exact) mass is 259 g/mol. The minimum atomic E-state index is -0.0180. The number of ether oxygens (including phenoxy) is 1. The summed E-state index contributed by atoms with van der Waals surface area (Å²) in [5, 5.41) is 0. The van der Waals surface area contributed by atoms with Crippen LogP contribution < -0.4 is 5.73 Å². The predicted molar refractivity (Wildman–Crippen MR) is 80.0 cm³/mol. The van der Waals surface area contributed by atoms with Gasteiger partial charge < -0.3 is 10.5 Å². The number of allylic oxidation sites excluding steroid dienone is 1. The molecule has 2 rings (SSSR count). The van der Waals surface area contributed by atoms with Crippen LogP contribution in [0.15, 0.2) is 42.0 Å². The molecule has 1 aliphatic rings. The largest absolute Gasteiger partial charge is 0.372 e. The lowest BCUT2D eigenvalue weighted by Crippen LogP contribution is -2.32. The minimum Gasteiger partial charge on any atom is -0.372 e. The molecule has 0 bridgehead atoms. The summed E-state index contributed by atoms with van der Waals surface area (Å²) in [6.07, 6.45) is 8.47. The summed E-state index contributed by atoms with van der Waals surface area (Å²) in [7, 11) is 0. The van der Waals surface area contributed by atoms with Crippen LogP contribution in [0.2, 0.25) is 0 Å². The van der Waals surface area contributed by atoms with Gasteiger partial charge in [0.05, 0.1) is 6.04 Å². The molecule has 0 amide bonds. The van der Waals surface area contributed by atoms with Gasteiger partial charge in [-0.2, -0.15) is 0 Å². The van der Waals surface area contributed by atoms with Gasteiger partial charge in [0.1, 0.15) is 6.10 Å². The molecule has 0 saturated carbocycles. The van der Waals surface area contributed by atoms with E-state index in [1.165, 1.54) is 30.4 Å². The average Bonchev–Trinajstić information content (AvgIpc) is 2.74. The van der Waals surface area contributed by atoms with Gasteiger partial charge in [-0.15, -0.1) is 0 Å². The molecule has 0 saturated heterocycles. The van der Waals surface area contributed by atoms with Crippen LogP contribution in [0.4, 0.5) is 0 Å². The molecule has 1 aromatic carbocycles. The Kier molecular flexibility index (Phi) is 5.62. The van der Waals surface area contributed by atoms with E-state index in [9.17, 15) is 0 Å². The molecule has 2 atom stereocenters. The number of rotatable bonds is 5. The lowest BCUT2D eigenvalue weighted by Gasteiger charge is -2.26. The number of nitrogens with two attached hydrogens (primary N) is 1. The zero-order valence-corrected chi connectivity index (χ0v) is 11.8. The Morgan fingerprint density at radius 3 is 2.68 bits per heavy atom. The SMILES string of the molecule is CCOC(c1ccccc1)C(N)C1=CCCCCC1. The Labute approximate surface area is 116 Å². The van der Waals surface area contributed by atoms with Crippen LogP contribution in [0.25, 0.3) is 0 Å². The van der Waals surface area contributed by atoms with Crippen molar-refractivity contribution >= 4 is 0 Å². The zero-order valence-electron chi connectivity index (χ0n) is 11.8. The van der Waals surface area contributed by atoms with Crippen LogP contribution in [0.1, 0.15) is 50.7 Å². The highest BCUT2D eigenvalue weighted by atomic mass is 16.5.